The Kier molecular flexibility index (Phi) is 5.76. The number of benzene rings is 1. The molecule has 0 amide bonds. The van der Waals surface area contributed by atoms with Crippen molar-refractivity contribution in [3.05, 3.63) is 28.7 Å². The molecule has 3 rings (SSSR count). The Morgan fingerprint density at radius 1 is 1.11 bits per heavy atom. The van der Waals surface area contributed by atoms with Gasteiger partial charge >= 0.3 is 5.69 Å². The zero-order valence-corrected chi connectivity index (χ0v) is 17.2. The number of hydrogen-bond acceptors (Lipinski definition) is 5. The molecule has 2 atom stereocenters. The third-order valence-electron chi connectivity index (χ3n) is 5.21. The van der Waals surface area contributed by atoms with E-state index < -0.39 is 10.0 Å². The number of piperazine rings is 1. The second-order valence-corrected chi connectivity index (χ2v) is 9.64. The van der Waals surface area contributed by atoms with Crippen molar-refractivity contribution in [3.8, 4) is 0 Å². The van der Waals surface area contributed by atoms with Crippen molar-refractivity contribution in [2.75, 3.05) is 40.3 Å². The summed E-state index contributed by atoms with van der Waals surface area (Å²) in [4.78, 5) is 21.5. The van der Waals surface area contributed by atoms with Gasteiger partial charge in [-0.2, -0.15) is 4.31 Å². The van der Waals surface area contributed by atoms with Crippen molar-refractivity contribution in [1.29, 1.82) is 0 Å². The molecule has 1 aromatic carbocycles. The molecule has 0 bridgehead atoms. The van der Waals surface area contributed by atoms with E-state index in [4.69, 9.17) is 0 Å². The zero-order chi connectivity index (χ0) is 19.8. The highest BCUT2D eigenvalue weighted by Gasteiger charge is 2.35. The van der Waals surface area contributed by atoms with E-state index in [0.29, 0.717) is 24.1 Å². The van der Waals surface area contributed by atoms with Gasteiger partial charge in [0.05, 0.1) is 15.9 Å². The number of nitrogens with zero attached hydrogens (tertiary/aromatic N) is 3. The summed E-state index contributed by atoms with van der Waals surface area (Å²) in [6.45, 7) is 7.09. The fraction of sp³-hybridized carbons (Fsp3) is 0.611. The molecule has 1 fully saturated rings. The van der Waals surface area contributed by atoms with Gasteiger partial charge < -0.3 is 14.9 Å². The molecular weight excluding hydrogens is 366 g/mol. The van der Waals surface area contributed by atoms with Crippen LogP contribution in [0.3, 0.4) is 0 Å². The van der Waals surface area contributed by atoms with Gasteiger partial charge in [0.25, 0.3) is 0 Å². The highest BCUT2D eigenvalue weighted by molar-refractivity contribution is 7.89. The summed E-state index contributed by atoms with van der Waals surface area (Å²) in [7, 11) is 0.518. The molecule has 150 valence electrons. The molecule has 27 heavy (non-hydrogen) atoms. The van der Waals surface area contributed by atoms with Crippen LogP contribution in [0.25, 0.3) is 11.0 Å². The van der Waals surface area contributed by atoms with Crippen LogP contribution in [0.5, 0.6) is 0 Å². The van der Waals surface area contributed by atoms with E-state index in [1.54, 1.807) is 16.4 Å². The lowest BCUT2D eigenvalue weighted by Gasteiger charge is -2.44. The average Bonchev–Trinajstić information content (AvgIpc) is 2.95. The minimum Gasteiger partial charge on any atom is -0.309 e. The van der Waals surface area contributed by atoms with Crippen LogP contribution in [-0.4, -0.2) is 84.8 Å². The topological polar surface area (TPSA) is 92.5 Å². The summed E-state index contributed by atoms with van der Waals surface area (Å²) in [5, 5.41) is 0. The Hall–Kier alpha value is -1.68. The number of rotatable bonds is 6. The molecule has 2 heterocycles. The van der Waals surface area contributed by atoms with E-state index in [1.807, 2.05) is 0 Å². The number of imidazole rings is 1. The maximum Gasteiger partial charge on any atom is 0.323 e. The summed E-state index contributed by atoms with van der Waals surface area (Å²) in [6, 6.07) is 5.02. The number of hydrogen-bond donors (Lipinski definition) is 2. The second kappa shape index (κ2) is 7.75. The van der Waals surface area contributed by atoms with E-state index in [-0.39, 0.29) is 22.7 Å². The van der Waals surface area contributed by atoms with Gasteiger partial charge in [-0.25, -0.2) is 13.2 Å². The lowest BCUT2D eigenvalue weighted by atomic mass is 10.1. The number of aromatic amines is 2. The summed E-state index contributed by atoms with van der Waals surface area (Å²) in [6.07, 6.45) is 1.06. The van der Waals surface area contributed by atoms with Gasteiger partial charge in [-0.3, -0.25) is 4.90 Å². The number of fused-ring (bicyclic) bond motifs is 1. The minimum atomic E-state index is -3.60. The molecule has 9 heteroatoms. The first kappa shape index (κ1) is 20.1. The van der Waals surface area contributed by atoms with Gasteiger partial charge in [-0.15, -0.1) is 0 Å². The first-order valence-electron chi connectivity index (χ1n) is 9.31. The van der Waals surface area contributed by atoms with Gasteiger partial charge in [0.2, 0.25) is 10.0 Å². The van der Waals surface area contributed by atoms with Crippen molar-refractivity contribution < 1.29 is 8.42 Å². The molecule has 2 unspecified atom stereocenters. The van der Waals surface area contributed by atoms with Crippen LogP contribution in [0.1, 0.15) is 20.3 Å². The molecule has 0 aliphatic carbocycles. The zero-order valence-electron chi connectivity index (χ0n) is 16.4. The van der Waals surface area contributed by atoms with E-state index in [2.05, 4.69) is 47.7 Å². The van der Waals surface area contributed by atoms with E-state index in [0.717, 1.165) is 19.5 Å². The van der Waals surface area contributed by atoms with Gasteiger partial charge in [0, 0.05) is 31.7 Å². The quantitative estimate of drug-likeness (QED) is 0.758. The van der Waals surface area contributed by atoms with Gasteiger partial charge in [0.15, 0.2) is 0 Å². The fourth-order valence-electron chi connectivity index (χ4n) is 3.84. The average molecular weight is 396 g/mol. The maximum absolute atomic E-state index is 13.1. The van der Waals surface area contributed by atoms with Crippen LogP contribution in [0.15, 0.2) is 27.9 Å². The third-order valence-corrected chi connectivity index (χ3v) is 7.04. The first-order chi connectivity index (χ1) is 12.7. The van der Waals surface area contributed by atoms with Gasteiger partial charge in [-0.05, 0) is 59.1 Å². The van der Waals surface area contributed by atoms with E-state index in [9.17, 15) is 13.2 Å². The summed E-state index contributed by atoms with van der Waals surface area (Å²) in [5.41, 5.74) is 0.768. The monoisotopic (exact) mass is 395 g/mol. The lowest BCUT2D eigenvalue weighted by molar-refractivity contribution is 0.0740. The molecule has 1 aromatic heterocycles. The van der Waals surface area contributed by atoms with Crippen LogP contribution in [0, 0.1) is 0 Å². The van der Waals surface area contributed by atoms with Crippen molar-refractivity contribution >= 4 is 21.1 Å². The number of H-pyrrole nitrogens is 2. The Morgan fingerprint density at radius 2 is 1.74 bits per heavy atom. The van der Waals surface area contributed by atoms with E-state index in [1.165, 1.54) is 6.07 Å². The van der Waals surface area contributed by atoms with Crippen LogP contribution in [0.4, 0.5) is 0 Å². The number of nitrogens with one attached hydrogen (secondary N) is 2. The second-order valence-electron chi connectivity index (χ2n) is 7.70. The van der Waals surface area contributed by atoms with Crippen LogP contribution in [0.2, 0.25) is 0 Å². The van der Waals surface area contributed by atoms with Crippen LogP contribution in [-0.2, 0) is 10.0 Å². The smallest absolute Gasteiger partial charge is 0.309 e. The van der Waals surface area contributed by atoms with E-state index >= 15 is 0 Å². The summed E-state index contributed by atoms with van der Waals surface area (Å²) >= 11 is 0. The predicted octanol–water partition coefficient (Wildman–Crippen LogP) is 0.891. The van der Waals surface area contributed by atoms with Gasteiger partial charge in [-0.1, -0.05) is 0 Å². The van der Waals surface area contributed by atoms with Crippen molar-refractivity contribution in [2.24, 2.45) is 0 Å². The summed E-state index contributed by atoms with van der Waals surface area (Å²) < 4.78 is 27.8. The third kappa shape index (κ3) is 4.26. The molecule has 0 spiro atoms. The molecule has 8 nitrogen and oxygen atoms in total. The number of aromatic nitrogens is 2. The largest absolute Gasteiger partial charge is 0.323 e. The first-order valence-corrected chi connectivity index (χ1v) is 10.7. The molecule has 1 saturated heterocycles. The van der Waals surface area contributed by atoms with Crippen LogP contribution >= 0.6 is 0 Å². The van der Waals surface area contributed by atoms with Crippen molar-refractivity contribution in [3.63, 3.8) is 0 Å². The molecular formula is C18H29N5O3S. The predicted molar refractivity (Wildman–Crippen MR) is 106 cm³/mol. The SMILES string of the molecule is CC1CN(S(=O)(=O)c2ccc3[nH]c(=O)[nH]c3c2)CC(C)N1CCCN(C)C. The molecule has 1 aliphatic rings. The number of sulfonamides is 1. The van der Waals surface area contributed by atoms with Crippen molar-refractivity contribution in [2.45, 2.75) is 37.2 Å². The highest BCUT2D eigenvalue weighted by atomic mass is 32.2. The molecule has 2 aromatic rings. The Balaban J connectivity index is 1.76. The Morgan fingerprint density at radius 3 is 2.37 bits per heavy atom. The maximum atomic E-state index is 13.1. The normalized spacial score (nSPS) is 22.7. The van der Waals surface area contributed by atoms with Crippen molar-refractivity contribution in [1.82, 2.24) is 24.1 Å². The summed E-state index contributed by atoms with van der Waals surface area (Å²) in [5.74, 6) is 0. The van der Waals surface area contributed by atoms with Gasteiger partial charge in [0.1, 0.15) is 0 Å². The molecule has 0 radical (unpaired) electrons. The van der Waals surface area contributed by atoms with Crippen LogP contribution < -0.4 is 5.69 Å². The molecule has 1 aliphatic heterocycles. The standard InChI is InChI=1S/C18H29N5O3S/c1-13-11-22(12-14(2)23(13)9-5-8-21(3)4)27(25,26)15-6-7-16-17(10-15)20-18(24)19-16/h6-7,10,13-14H,5,8-9,11-12H2,1-4H3,(H2,19,20,24). The molecule has 0 saturated carbocycles. The molecule has 2 N–H and O–H groups in total. The lowest BCUT2D eigenvalue weighted by Crippen LogP contribution is -2.58. The minimum absolute atomic E-state index is 0.154. The Bertz CT molecular complexity index is 937. The fourth-order valence-corrected chi connectivity index (χ4v) is 5.46. The Labute approximate surface area is 160 Å². The highest BCUT2D eigenvalue weighted by Crippen LogP contribution is 2.24.